The Bertz CT molecular complexity index is 1970. The van der Waals surface area contributed by atoms with Gasteiger partial charge in [-0.3, -0.25) is 9.59 Å². The lowest BCUT2D eigenvalue weighted by Crippen LogP contribution is -2.48. The third kappa shape index (κ3) is 13.8. The molecule has 0 aliphatic heterocycles. The van der Waals surface area contributed by atoms with Gasteiger partial charge in [0, 0.05) is 97.0 Å². The van der Waals surface area contributed by atoms with Crippen molar-refractivity contribution in [1.29, 1.82) is 0 Å². The highest BCUT2D eigenvalue weighted by Gasteiger charge is 2.33. The van der Waals surface area contributed by atoms with Gasteiger partial charge in [0.25, 0.3) is 0 Å². The van der Waals surface area contributed by atoms with Gasteiger partial charge in [-0.05, 0) is 96.0 Å². The molecule has 0 amide bonds. The van der Waals surface area contributed by atoms with Crippen molar-refractivity contribution < 1.29 is 38.0 Å². The molecule has 0 heterocycles. The summed E-state index contributed by atoms with van der Waals surface area (Å²) in [5, 5.41) is 3.65. The fourth-order valence-electron chi connectivity index (χ4n) is 8.83. The van der Waals surface area contributed by atoms with Crippen LogP contribution >= 0.6 is 0 Å². The summed E-state index contributed by atoms with van der Waals surface area (Å²) in [6, 6.07) is 33.4. The molecule has 0 spiro atoms. The summed E-state index contributed by atoms with van der Waals surface area (Å²) in [5.74, 6) is 2.45. The smallest absolute Gasteiger partial charge is 0.305 e. The van der Waals surface area contributed by atoms with E-state index in [1.54, 1.807) is 28.4 Å². The van der Waals surface area contributed by atoms with Crippen LogP contribution in [0.4, 0.5) is 0 Å². The van der Waals surface area contributed by atoms with Gasteiger partial charge >= 0.3 is 11.9 Å². The van der Waals surface area contributed by atoms with Gasteiger partial charge < -0.3 is 39.5 Å². The predicted octanol–water partition coefficient (Wildman–Crippen LogP) is 8.83. The molecule has 10 heteroatoms. The van der Waals surface area contributed by atoms with Crippen LogP contribution in [0, 0.1) is 12.3 Å². The molecule has 63 heavy (non-hydrogen) atoms. The van der Waals surface area contributed by atoms with Gasteiger partial charge in [-0.15, -0.1) is 12.3 Å². The Morgan fingerprint density at radius 1 is 0.571 bits per heavy atom. The minimum absolute atomic E-state index is 0.0741. The van der Waals surface area contributed by atoms with E-state index in [1.165, 1.54) is 44.5 Å². The van der Waals surface area contributed by atoms with Crippen molar-refractivity contribution in [3.8, 4) is 34.6 Å². The van der Waals surface area contributed by atoms with Gasteiger partial charge in [-0.1, -0.05) is 97.1 Å². The normalized spacial score (nSPS) is 13.0. The number of nitrogens with two attached hydrogens (primary N) is 1. The summed E-state index contributed by atoms with van der Waals surface area (Å²) in [6.45, 7) is 3.83. The molecule has 0 radical (unpaired) electrons. The molecule has 0 unspecified atom stereocenters. The summed E-state index contributed by atoms with van der Waals surface area (Å²) in [5.41, 5.74) is 15.5. The number of ether oxygens (including phenoxy) is 6. The first-order chi connectivity index (χ1) is 30.7. The minimum atomic E-state index is -0.488. The highest BCUT2D eigenvalue weighted by atomic mass is 16.5. The van der Waals surface area contributed by atoms with Crippen molar-refractivity contribution in [3.05, 3.63) is 119 Å². The van der Waals surface area contributed by atoms with Crippen LogP contribution in [0.5, 0.6) is 0 Å². The molecule has 10 nitrogen and oxygen atoms in total. The first kappa shape index (κ1) is 49.2. The zero-order valence-electron chi connectivity index (χ0n) is 37.8. The summed E-state index contributed by atoms with van der Waals surface area (Å²) in [4.78, 5) is 25.3. The van der Waals surface area contributed by atoms with Gasteiger partial charge in [0.1, 0.15) is 13.2 Å². The number of esters is 2. The van der Waals surface area contributed by atoms with Crippen LogP contribution in [-0.4, -0.2) is 97.6 Å². The minimum Gasteiger partial charge on any atom is -0.465 e. The van der Waals surface area contributed by atoms with E-state index in [0.717, 1.165) is 32.2 Å². The Balaban J connectivity index is 0.000000240. The fourth-order valence-corrected chi connectivity index (χ4v) is 8.83. The number of carbonyl (C=O) groups is 2. The Kier molecular flexibility index (Phi) is 19.8. The van der Waals surface area contributed by atoms with Crippen LogP contribution in [0.15, 0.2) is 97.1 Å². The molecule has 0 saturated carbocycles. The summed E-state index contributed by atoms with van der Waals surface area (Å²) >= 11 is 0. The number of fused-ring (bicyclic) bond motifs is 6. The lowest BCUT2D eigenvalue weighted by Gasteiger charge is -2.35. The number of hydrogen-bond donors (Lipinski definition) is 2. The molecule has 0 bridgehead atoms. The van der Waals surface area contributed by atoms with Gasteiger partial charge in [0.05, 0.1) is 0 Å². The van der Waals surface area contributed by atoms with Crippen molar-refractivity contribution in [2.75, 3.05) is 74.6 Å². The number of carbonyl (C=O) groups excluding carboxylic acids is 2. The second-order valence-electron chi connectivity index (χ2n) is 16.7. The average molecular weight is 861 g/mol. The monoisotopic (exact) mass is 860 g/mol. The lowest BCUT2D eigenvalue weighted by atomic mass is 9.86. The van der Waals surface area contributed by atoms with Crippen LogP contribution in [-0.2, 0) is 38.0 Å². The molecule has 2 aliphatic rings. The molecular formula is C53H68N2O8. The maximum absolute atomic E-state index is 12.9. The van der Waals surface area contributed by atoms with Crippen molar-refractivity contribution in [2.45, 2.75) is 87.1 Å². The lowest BCUT2D eigenvalue weighted by molar-refractivity contribution is -0.145. The maximum atomic E-state index is 12.9. The van der Waals surface area contributed by atoms with E-state index in [-0.39, 0.29) is 29.3 Å². The van der Waals surface area contributed by atoms with Gasteiger partial charge in [0.15, 0.2) is 0 Å². The second kappa shape index (κ2) is 25.4. The van der Waals surface area contributed by atoms with E-state index in [4.69, 9.17) is 40.6 Å². The molecule has 0 saturated heterocycles. The molecule has 4 aromatic carbocycles. The van der Waals surface area contributed by atoms with Crippen LogP contribution < -0.4 is 11.1 Å². The molecular weight excluding hydrogens is 793 g/mol. The SMILES string of the molecule is C#CCCCNC(CCOC)(CCOC)CCC(=O)OCC1c2ccccc2-c2ccccc21.COCCC(N)(CCOC)CCC(=O)OCC1c2ccccc2-c2ccccc21. The van der Waals surface area contributed by atoms with Gasteiger partial charge in [-0.25, -0.2) is 0 Å². The standard InChI is InChI=1S/C29H37NO4.C24H31NO4/c1-4-5-10-19-30-29(17-20-32-2,18-21-33-3)16-15-28(31)34-22-27-25-13-8-6-11-23(25)24-12-7-9-14-26(24)27;1-27-15-13-24(25,14-16-28-2)12-11-23(26)29-17-22-20-9-5-3-7-18(20)19-8-4-6-10-21(19)22/h1,6-9,11-14,27,30H,5,10,15-22H2,2-3H3;3-10,22H,11-17,25H2,1-2H3. The number of methoxy groups -OCH3 is 4. The Morgan fingerprint density at radius 2 is 0.937 bits per heavy atom. The summed E-state index contributed by atoms with van der Waals surface area (Å²) < 4.78 is 32.6. The number of terminal acetylenes is 1. The topological polar surface area (TPSA) is 128 Å². The number of benzene rings is 4. The van der Waals surface area contributed by atoms with E-state index in [9.17, 15) is 9.59 Å². The highest BCUT2D eigenvalue weighted by molar-refractivity contribution is 5.80. The average Bonchev–Trinajstić information content (AvgIpc) is 3.82. The van der Waals surface area contributed by atoms with Crippen LogP contribution in [0.2, 0.25) is 0 Å². The fraction of sp³-hybridized carbons (Fsp3) is 0.472. The van der Waals surface area contributed by atoms with E-state index >= 15 is 0 Å². The maximum Gasteiger partial charge on any atom is 0.305 e. The van der Waals surface area contributed by atoms with Crippen LogP contribution in [0.3, 0.4) is 0 Å². The Hall–Kier alpha value is -4.86. The Morgan fingerprint density at radius 3 is 1.32 bits per heavy atom. The van der Waals surface area contributed by atoms with Crippen molar-refractivity contribution in [2.24, 2.45) is 5.73 Å². The molecule has 0 atom stereocenters. The van der Waals surface area contributed by atoms with E-state index in [1.807, 2.05) is 36.4 Å². The first-order valence-electron chi connectivity index (χ1n) is 22.3. The molecule has 6 rings (SSSR count). The zero-order valence-corrected chi connectivity index (χ0v) is 37.8. The van der Waals surface area contributed by atoms with Crippen LogP contribution in [0.1, 0.15) is 98.3 Å². The second-order valence-corrected chi connectivity index (χ2v) is 16.7. The largest absolute Gasteiger partial charge is 0.465 e. The quantitative estimate of drug-likeness (QED) is 0.0359. The third-order valence-corrected chi connectivity index (χ3v) is 12.6. The molecule has 4 aromatic rings. The molecule has 0 aromatic heterocycles. The number of nitrogens with one attached hydrogen (secondary N) is 1. The van der Waals surface area contributed by atoms with E-state index in [2.05, 4.69) is 71.9 Å². The van der Waals surface area contributed by atoms with Gasteiger partial charge in [-0.2, -0.15) is 0 Å². The third-order valence-electron chi connectivity index (χ3n) is 12.6. The molecule has 338 valence electrons. The van der Waals surface area contributed by atoms with Crippen molar-refractivity contribution >= 4 is 11.9 Å². The first-order valence-corrected chi connectivity index (χ1v) is 22.3. The predicted molar refractivity (Wildman–Crippen MR) is 250 cm³/mol. The van der Waals surface area contributed by atoms with Crippen molar-refractivity contribution in [1.82, 2.24) is 5.32 Å². The molecule has 2 aliphatic carbocycles. The number of unbranched alkanes of at least 4 members (excludes halogenated alkanes) is 1. The van der Waals surface area contributed by atoms with Gasteiger partial charge in [0.2, 0.25) is 0 Å². The zero-order chi connectivity index (χ0) is 44.9. The van der Waals surface area contributed by atoms with E-state index < -0.39 is 5.54 Å². The summed E-state index contributed by atoms with van der Waals surface area (Å²) in [7, 11) is 6.71. The molecule has 3 N–H and O–H groups in total. The number of hydrogen-bond acceptors (Lipinski definition) is 10. The highest BCUT2D eigenvalue weighted by Crippen LogP contribution is 2.46. The van der Waals surface area contributed by atoms with E-state index in [0.29, 0.717) is 78.2 Å². The number of rotatable bonds is 26. The van der Waals surface area contributed by atoms with Crippen LogP contribution in [0.25, 0.3) is 22.3 Å². The molecule has 0 fully saturated rings. The summed E-state index contributed by atoms with van der Waals surface area (Å²) in [6.07, 6.45) is 11.8. The Labute approximate surface area is 375 Å². The van der Waals surface area contributed by atoms with Crippen molar-refractivity contribution in [3.63, 3.8) is 0 Å².